The third-order valence-electron chi connectivity index (χ3n) is 3.33. The first-order chi connectivity index (χ1) is 8.43. The molecule has 0 spiro atoms. The topological polar surface area (TPSA) is 24.1 Å². The molecule has 0 bridgehead atoms. The van der Waals surface area contributed by atoms with Crippen molar-refractivity contribution in [2.75, 3.05) is 0 Å². The quantitative estimate of drug-likeness (QED) is 0.470. The molecular formula is C15H32Cl2N2. The highest BCUT2D eigenvalue weighted by Crippen LogP contribution is 2.28. The van der Waals surface area contributed by atoms with E-state index in [1.54, 1.807) is 0 Å². The summed E-state index contributed by atoms with van der Waals surface area (Å²) in [6.45, 7) is 15.0. The van der Waals surface area contributed by atoms with E-state index in [-0.39, 0.29) is 17.2 Å². The smallest absolute Gasteiger partial charge is 0.143 e. The Morgan fingerprint density at radius 3 is 1.32 bits per heavy atom. The van der Waals surface area contributed by atoms with E-state index in [1.165, 1.54) is 0 Å². The molecule has 0 amide bonds. The summed E-state index contributed by atoms with van der Waals surface area (Å²) in [5.74, 6) is 0. The van der Waals surface area contributed by atoms with Crippen molar-refractivity contribution >= 4 is 23.2 Å². The second-order valence-corrected chi connectivity index (χ2v) is 8.71. The molecule has 4 heteroatoms. The van der Waals surface area contributed by atoms with Gasteiger partial charge in [-0.2, -0.15) is 0 Å². The van der Waals surface area contributed by atoms with Crippen molar-refractivity contribution in [3.63, 3.8) is 0 Å². The fourth-order valence-electron chi connectivity index (χ4n) is 2.47. The molecule has 0 saturated heterocycles. The largest absolute Gasteiger partial charge is 0.294 e. The van der Waals surface area contributed by atoms with Gasteiger partial charge in [0.1, 0.15) is 4.33 Å². The third kappa shape index (κ3) is 8.39. The van der Waals surface area contributed by atoms with E-state index in [0.717, 1.165) is 25.7 Å². The zero-order valence-corrected chi connectivity index (χ0v) is 15.2. The second-order valence-electron chi connectivity index (χ2n) is 6.95. The van der Waals surface area contributed by atoms with Crippen molar-refractivity contribution in [2.24, 2.45) is 0 Å². The Morgan fingerprint density at radius 2 is 1.11 bits per heavy atom. The molecule has 0 radical (unpaired) electrons. The summed E-state index contributed by atoms with van der Waals surface area (Å²) < 4.78 is -0.851. The van der Waals surface area contributed by atoms with Gasteiger partial charge in [0, 0.05) is 11.1 Å². The first-order valence-electron chi connectivity index (χ1n) is 7.37. The maximum absolute atomic E-state index is 6.35. The third-order valence-corrected chi connectivity index (χ3v) is 3.76. The first kappa shape index (κ1) is 19.5. The van der Waals surface area contributed by atoms with E-state index in [4.69, 9.17) is 23.2 Å². The number of hydrogen-bond acceptors (Lipinski definition) is 2. The molecule has 0 saturated carbocycles. The van der Waals surface area contributed by atoms with Crippen LogP contribution in [-0.4, -0.2) is 21.6 Å². The summed E-state index contributed by atoms with van der Waals surface area (Å²) in [5, 5.41) is 7.15. The molecule has 0 atom stereocenters. The lowest BCUT2D eigenvalue weighted by atomic mass is 9.95. The first-order valence-corrected chi connectivity index (χ1v) is 8.12. The van der Waals surface area contributed by atoms with Gasteiger partial charge in [-0.3, -0.25) is 10.6 Å². The minimum absolute atomic E-state index is 0.0136. The van der Waals surface area contributed by atoms with Gasteiger partial charge < -0.3 is 0 Å². The van der Waals surface area contributed by atoms with E-state index in [0.29, 0.717) is 0 Å². The van der Waals surface area contributed by atoms with E-state index < -0.39 is 4.33 Å². The number of rotatable bonds is 9. The van der Waals surface area contributed by atoms with Gasteiger partial charge in [-0.05, 0) is 47.5 Å². The van der Waals surface area contributed by atoms with E-state index >= 15 is 0 Å². The number of nitrogens with one attached hydrogen (secondary N) is 2. The molecule has 2 nitrogen and oxygen atoms in total. The molecule has 0 aromatic rings. The fraction of sp³-hybridized carbons (Fsp3) is 1.00. The van der Waals surface area contributed by atoms with Crippen LogP contribution in [0.2, 0.25) is 0 Å². The van der Waals surface area contributed by atoms with Gasteiger partial charge in [-0.15, -0.1) is 0 Å². The molecule has 0 rings (SSSR count). The van der Waals surface area contributed by atoms with E-state index in [1.807, 2.05) is 6.92 Å². The van der Waals surface area contributed by atoms with E-state index in [2.05, 4.69) is 52.2 Å². The van der Waals surface area contributed by atoms with Gasteiger partial charge in [0.2, 0.25) is 0 Å². The van der Waals surface area contributed by atoms with Crippen LogP contribution in [0.3, 0.4) is 0 Å². The summed E-state index contributed by atoms with van der Waals surface area (Å²) >= 11 is 12.7. The summed E-state index contributed by atoms with van der Waals surface area (Å²) in [6, 6.07) is 0. The Hall–Kier alpha value is 0.500. The van der Waals surface area contributed by atoms with Crippen LogP contribution in [0.5, 0.6) is 0 Å². The minimum Gasteiger partial charge on any atom is -0.294 e. The van der Waals surface area contributed by atoms with Crippen LogP contribution in [0.4, 0.5) is 0 Å². The lowest BCUT2D eigenvalue weighted by Crippen LogP contribution is -2.63. The van der Waals surface area contributed by atoms with Gasteiger partial charge in [0.15, 0.2) is 0 Å². The van der Waals surface area contributed by atoms with Crippen molar-refractivity contribution in [3.05, 3.63) is 0 Å². The van der Waals surface area contributed by atoms with Gasteiger partial charge in [0.25, 0.3) is 0 Å². The van der Waals surface area contributed by atoms with Gasteiger partial charge in [-0.1, -0.05) is 49.9 Å². The van der Waals surface area contributed by atoms with Crippen LogP contribution >= 0.6 is 23.2 Å². The zero-order chi connectivity index (χ0) is 15.3. The van der Waals surface area contributed by atoms with Gasteiger partial charge in [-0.25, -0.2) is 0 Å². The highest BCUT2D eigenvalue weighted by Gasteiger charge is 2.36. The Kier molecular flexibility index (Phi) is 7.69. The van der Waals surface area contributed by atoms with Crippen LogP contribution in [-0.2, 0) is 0 Å². The molecule has 2 N–H and O–H groups in total. The fourth-order valence-corrected chi connectivity index (χ4v) is 2.68. The van der Waals surface area contributed by atoms with E-state index in [9.17, 15) is 0 Å². The van der Waals surface area contributed by atoms with Crippen molar-refractivity contribution in [1.82, 2.24) is 10.6 Å². The van der Waals surface area contributed by atoms with Crippen molar-refractivity contribution in [3.8, 4) is 0 Å². The second kappa shape index (κ2) is 7.49. The maximum Gasteiger partial charge on any atom is 0.143 e. The average molecular weight is 311 g/mol. The maximum atomic E-state index is 6.35. The van der Waals surface area contributed by atoms with Crippen LogP contribution < -0.4 is 10.6 Å². The molecule has 0 aromatic carbocycles. The molecular weight excluding hydrogens is 279 g/mol. The van der Waals surface area contributed by atoms with Crippen molar-refractivity contribution in [2.45, 2.75) is 95.7 Å². The SMILES string of the molecule is CCCC(C)(C)NC(NC(C)(C)CCC)C(C)(Cl)Cl. The van der Waals surface area contributed by atoms with Gasteiger partial charge >= 0.3 is 0 Å². The standard InChI is InChI=1S/C15H32Cl2N2/c1-8-10-13(3,4)18-12(15(7,16)17)19-14(5,6)11-9-2/h12,18-19H,8-11H2,1-7H3. The summed E-state index contributed by atoms with van der Waals surface area (Å²) in [4.78, 5) is 0. The van der Waals surface area contributed by atoms with Crippen LogP contribution in [0, 0.1) is 0 Å². The molecule has 0 fully saturated rings. The molecule has 0 heterocycles. The summed E-state index contributed by atoms with van der Waals surface area (Å²) in [6.07, 6.45) is 4.30. The minimum atomic E-state index is -0.851. The molecule has 0 aliphatic heterocycles. The van der Waals surface area contributed by atoms with Crippen LogP contribution in [0.15, 0.2) is 0 Å². The summed E-state index contributed by atoms with van der Waals surface area (Å²) in [5.41, 5.74) is 0.0273. The van der Waals surface area contributed by atoms with Crippen LogP contribution in [0.1, 0.15) is 74.1 Å². The number of halogens is 2. The monoisotopic (exact) mass is 310 g/mol. The Balaban J connectivity index is 4.85. The molecule has 0 aromatic heterocycles. The Labute approximate surface area is 130 Å². The number of alkyl halides is 2. The zero-order valence-electron chi connectivity index (χ0n) is 13.7. The molecule has 0 unspecified atom stereocenters. The average Bonchev–Trinajstić information content (AvgIpc) is 2.13. The number of hydrogen-bond donors (Lipinski definition) is 2. The molecule has 0 aliphatic rings. The predicted molar refractivity (Wildman–Crippen MR) is 88.1 cm³/mol. The molecule has 116 valence electrons. The van der Waals surface area contributed by atoms with Crippen molar-refractivity contribution < 1.29 is 0 Å². The van der Waals surface area contributed by atoms with Crippen molar-refractivity contribution in [1.29, 1.82) is 0 Å². The molecule has 19 heavy (non-hydrogen) atoms. The highest BCUT2D eigenvalue weighted by atomic mass is 35.5. The molecule has 0 aliphatic carbocycles. The highest BCUT2D eigenvalue weighted by molar-refractivity contribution is 6.48. The van der Waals surface area contributed by atoms with Crippen LogP contribution in [0.25, 0.3) is 0 Å². The lowest BCUT2D eigenvalue weighted by Gasteiger charge is -2.41. The Bertz CT molecular complexity index is 237. The normalized spacial score (nSPS) is 14.2. The lowest BCUT2D eigenvalue weighted by molar-refractivity contribution is 0.214. The summed E-state index contributed by atoms with van der Waals surface area (Å²) in [7, 11) is 0. The predicted octanol–water partition coefficient (Wildman–Crippen LogP) is 4.84. The van der Waals surface area contributed by atoms with Gasteiger partial charge in [0.05, 0.1) is 6.17 Å². The Morgan fingerprint density at radius 1 is 0.789 bits per heavy atom.